The molecule has 0 amide bonds. The molecule has 1 unspecified atom stereocenters. The van der Waals surface area contributed by atoms with E-state index >= 15 is 0 Å². The average Bonchev–Trinajstić information content (AvgIpc) is 3.25. The van der Waals surface area contributed by atoms with Crippen LogP contribution in [0.3, 0.4) is 0 Å². The average molecular weight is 488 g/mol. The van der Waals surface area contributed by atoms with Gasteiger partial charge in [0, 0.05) is 48.1 Å². The number of likely N-dealkylation sites (tertiary alicyclic amines) is 1. The van der Waals surface area contributed by atoms with Gasteiger partial charge in [-0.1, -0.05) is 50.3 Å². The summed E-state index contributed by atoms with van der Waals surface area (Å²) in [5.74, 6) is 2.14. The van der Waals surface area contributed by atoms with E-state index in [9.17, 15) is 10.2 Å². The van der Waals surface area contributed by atoms with E-state index in [0.29, 0.717) is 11.8 Å². The van der Waals surface area contributed by atoms with Gasteiger partial charge in [0.15, 0.2) is 11.5 Å². The van der Waals surface area contributed by atoms with Gasteiger partial charge in [0.1, 0.15) is 18.0 Å². The van der Waals surface area contributed by atoms with Gasteiger partial charge in [-0.05, 0) is 55.5 Å². The zero-order valence-corrected chi connectivity index (χ0v) is 21.3. The van der Waals surface area contributed by atoms with Crippen molar-refractivity contribution in [2.75, 3.05) is 25.0 Å². The summed E-state index contributed by atoms with van der Waals surface area (Å²) in [5.41, 5.74) is 4.67. The van der Waals surface area contributed by atoms with Gasteiger partial charge in [0.2, 0.25) is 0 Å². The van der Waals surface area contributed by atoms with Crippen molar-refractivity contribution in [3.05, 3.63) is 65.2 Å². The van der Waals surface area contributed by atoms with Gasteiger partial charge in [-0.15, -0.1) is 0 Å². The molecule has 6 rings (SSSR count). The van der Waals surface area contributed by atoms with Gasteiger partial charge in [-0.3, -0.25) is 9.89 Å². The Balaban J connectivity index is 1.17. The molecule has 6 nitrogen and oxygen atoms in total. The highest BCUT2D eigenvalue weighted by atomic mass is 16.5. The molecule has 190 valence electrons. The first-order valence-corrected chi connectivity index (χ1v) is 13.6. The van der Waals surface area contributed by atoms with Gasteiger partial charge in [-0.2, -0.15) is 0 Å². The van der Waals surface area contributed by atoms with Gasteiger partial charge in [0.25, 0.3) is 0 Å². The number of rotatable bonds is 7. The molecule has 0 aromatic heterocycles. The zero-order chi connectivity index (χ0) is 24.9. The topological polar surface area (TPSA) is 77.3 Å². The number of hydrogen-bond acceptors (Lipinski definition) is 5. The Morgan fingerprint density at radius 3 is 2.89 bits per heavy atom. The summed E-state index contributed by atoms with van der Waals surface area (Å²) in [4.78, 5) is 7.55. The van der Waals surface area contributed by atoms with Gasteiger partial charge in [0.05, 0.1) is 0 Å². The summed E-state index contributed by atoms with van der Waals surface area (Å²) >= 11 is 0. The molecule has 2 aliphatic heterocycles. The lowest BCUT2D eigenvalue weighted by Gasteiger charge is -2.57. The number of aliphatic hydroxyl groups excluding tert-OH is 1. The van der Waals surface area contributed by atoms with Crippen LogP contribution >= 0.6 is 0 Å². The number of anilines is 1. The SMILES string of the molecule is CCC(=NCCCN1CC[C@]23c4c5ccc(O)c4O[C@H]2[C@@H](O)C=CC3[C@@H]1C5)Nc1ccccc1CC. The number of aryl methyl sites for hydroxylation is 1. The molecule has 2 aromatic carbocycles. The zero-order valence-electron chi connectivity index (χ0n) is 21.3. The fourth-order valence-corrected chi connectivity index (χ4v) is 7.24. The van der Waals surface area contributed by atoms with Crippen LogP contribution in [-0.4, -0.2) is 58.8 Å². The third-order valence-corrected chi connectivity index (χ3v) is 8.91. The largest absolute Gasteiger partial charge is 0.504 e. The van der Waals surface area contributed by atoms with Crippen molar-refractivity contribution >= 4 is 11.5 Å². The fourth-order valence-electron chi connectivity index (χ4n) is 7.24. The quantitative estimate of drug-likeness (QED) is 0.233. The lowest BCUT2D eigenvalue weighted by molar-refractivity contribution is -0.0516. The van der Waals surface area contributed by atoms with Gasteiger partial charge < -0.3 is 20.3 Å². The summed E-state index contributed by atoms with van der Waals surface area (Å²) in [6.07, 6.45) is 7.97. The molecule has 0 radical (unpaired) electrons. The number of para-hydroxylation sites is 1. The van der Waals surface area contributed by atoms with E-state index in [1.165, 1.54) is 11.1 Å². The van der Waals surface area contributed by atoms with Crippen LogP contribution in [0, 0.1) is 5.92 Å². The molecule has 1 spiro atoms. The number of aromatic hydroxyl groups is 1. The summed E-state index contributed by atoms with van der Waals surface area (Å²) in [6, 6.07) is 12.7. The third kappa shape index (κ3) is 3.57. The Hall–Kier alpha value is -2.83. The highest BCUT2D eigenvalue weighted by Gasteiger charge is 2.64. The summed E-state index contributed by atoms with van der Waals surface area (Å²) < 4.78 is 6.26. The molecule has 2 aliphatic carbocycles. The van der Waals surface area contributed by atoms with Crippen molar-refractivity contribution < 1.29 is 14.9 Å². The number of nitrogens with zero attached hydrogens (tertiary/aromatic N) is 2. The van der Waals surface area contributed by atoms with Crippen molar-refractivity contribution in [1.82, 2.24) is 4.90 Å². The van der Waals surface area contributed by atoms with E-state index in [1.54, 1.807) is 6.07 Å². The normalized spacial score (nSPS) is 30.1. The summed E-state index contributed by atoms with van der Waals surface area (Å²) in [6.45, 7) is 7.12. The third-order valence-electron chi connectivity index (χ3n) is 8.91. The Bertz CT molecular complexity index is 1210. The van der Waals surface area contributed by atoms with Crippen LogP contribution in [0.2, 0.25) is 0 Å². The molecule has 1 saturated heterocycles. The van der Waals surface area contributed by atoms with E-state index in [2.05, 4.69) is 60.5 Å². The Labute approximate surface area is 213 Å². The number of phenols is 1. The number of hydrogen-bond donors (Lipinski definition) is 3. The highest BCUT2D eigenvalue weighted by Crippen LogP contribution is 2.62. The summed E-state index contributed by atoms with van der Waals surface area (Å²) in [5, 5.41) is 24.9. The van der Waals surface area contributed by atoms with Crippen LogP contribution < -0.4 is 10.1 Å². The molecule has 0 saturated carbocycles. The van der Waals surface area contributed by atoms with Crippen LogP contribution in [0.25, 0.3) is 0 Å². The second kappa shape index (κ2) is 9.24. The number of benzene rings is 2. The highest BCUT2D eigenvalue weighted by molar-refractivity contribution is 5.95. The van der Waals surface area contributed by atoms with Crippen LogP contribution in [-0.2, 0) is 18.3 Å². The number of piperidine rings is 1. The lowest BCUT2D eigenvalue weighted by atomic mass is 9.53. The van der Waals surface area contributed by atoms with Crippen LogP contribution in [0.4, 0.5) is 5.69 Å². The molecule has 6 heteroatoms. The number of amidine groups is 1. The molecule has 2 bridgehead atoms. The number of aliphatic imine (C=N–C) groups is 1. The van der Waals surface area contributed by atoms with Crippen LogP contribution in [0.1, 0.15) is 49.8 Å². The monoisotopic (exact) mass is 487 g/mol. The molecule has 1 fully saturated rings. The van der Waals surface area contributed by atoms with E-state index in [1.807, 2.05) is 6.08 Å². The standard InChI is InChI=1S/C30H37N3O3/c1-3-19-8-5-6-9-22(19)32-26(4-2)31-15-7-16-33-17-14-30-21-11-13-25(35)29(30)36-28-24(34)12-10-20(27(28)30)18-23(21)33/h5-6,8-13,21,23,25,29,34-35H,3-4,7,14-18H2,1-2H3,(H,31,32)/t21?,23-,25-,29-,30-/m0/s1. The Kier molecular flexibility index (Phi) is 6.05. The molecule has 36 heavy (non-hydrogen) atoms. The maximum Gasteiger partial charge on any atom is 0.165 e. The smallest absolute Gasteiger partial charge is 0.165 e. The molecule has 2 aromatic rings. The maximum absolute atomic E-state index is 10.8. The second-order valence-corrected chi connectivity index (χ2v) is 10.7. The fraction of sp³-hybridized carbons (Fsp3) is 0.500. The maximum atomic E-state index is 10.8. The second-order valence-electron chi connectivity index (χ2n) is 10.7. The predicted molar refractivity (Wildman–Crippen MR) is 143 cm³/mol. The van der Waals surface area contributed by atoms with Crippen molar-refractivity contribution in [2.24, 2.45) is 10.9 Å². The van der Waals surface area contributed by atoms with Gasteiger partial charge >= 0.3 is 0 Å². The minimum absolute atomic E-state index is 0.198. The molecule has 3 N–H and O–H groups in total. The van der Waals surface area contributed by atoms with Gasteiger partial charge in [-0.25, -0.2) is 0 Å². The van der Waals surface area contributed by atoms with Crippen molar-refractivity contribution in [3.8, 4) is 11.5 Å². The Morgan fingerprint density at radius 2 is 2.06 bits per heavy atom. The van der Waals surface area contributed by atoms with Crippen LogP contribution in [0.5, 0.6) is 11.5 Å². The van der Waals surface area contributed by atoms with E-state index in [0.717, 1.165) is 68.8 Å². The molecule has 2 heterocycles. The first kappa shape index (κ1) is 23.6. The molecular formula is C30H37N3O3. The lowest BCUT2D eigenvalue weighted by Crippen LogP contribution is -2.65. The minimum atomic E-state index is -0.640. The van der Waals surface area contributed by atoms with E-state index in [-0.39, 0.29) is 23.2 Å². The number of phenolic OH excluding ortho intramolecular Hbond substituents is 1. The Morgan fingerprint density at radius 1 is 1.19 bits per heavy atom. The van der Waals surface area contributed by atoms with Crippen molar-refractivity contribution in [1.29, 1.82) is 0 Å². The minimum Gasteiger partial charge on any atom is -0.504 e. The van der Waals surface area contributed by atoms with Crippen LogP contribution in [0.15, 0.2) is 53.5 Å². The first-order chi connectivity index (χ1) is 17.6. The molecular weight excluding hydrogens is 450 g/mol. The van der Waals surface area contributed by atoms with Crippen molar-refractivity contribution in [3.63, 3.8) is 0 Å². The number of ether oxygens (including phenoxy) is 1. The summed E-state index contributed by atoms with van der Waals surface area (Å²) in [7, 11) is 0. The number of aliphatic hydroxyl groups is 1. The van der Waals surface area contributed by atoms with E-state index in [4.69, 9.17) is 9.73 Å². The molecule has 4 aliphatic rings. The van der Waals surface area contributed by atoms with E-state index < -0.39 is 6.10 Å². The molecule has 5 atom stereocenters. The van der Waals surface area contributed by atoms with Crippen molar-refractivity contribution in [2.45, 2.75) is 69.6 Å². The predicted octanol–water partition coefficient (Wildman–Crippen LogP) is 4.44. The first-order valence-electron chi connectivity index (χ1n) is 13.6. The number of nitrogens with one attached hydrogen (secondary N) is 1.